The molecule has 0 bridgehead atoms. The molecule has 2 aromatic carbocycles. The average molecular weight is 432 g/mol. The molecular formula is C25H21FN2O4. The van der Waals surface area contributed by atoms with E-state index in [1.54, 1.807) is 12.3 Å². The molecule has 0 amide bonds. The molecule has 1 N–H and O–H groups in total. The Morgan fingerprint density at radius 1 is 0.969 bits per heavy atom. The van der Waals surface area contributed by atoms with Gasteiger partial charge in [0.1, 0.15) is 18.2 Å². The molecule has 0 aliphatic heterocycles. The number of fused-ring (bicyclic) bond motifs is 1. The normalized spacial score (nSPS) is 10.9. The Balaban J connectivity index is 1.57. The number of rotatable bonds is 8. The average Bonchev–Trinajstić information content (AvgIpc) is 2.81. The zero-order valence-electron chi connectivity index (χ0n) is 17.4. The van der Waals surface area contributed by atoms with Gasteiger partial charge in [-0.15, -0.1) is 0 Å². The van der Waals surface area contributed by atoms with E-state index in [9.17, 15) is 14.3 Å². The lowest BCUT2D eigenvalue weighted by Gasteiger charge is -2.09. The fourth-order valence-electron chi connectivity index (χ4n) is 3.33. The predicted octanol–water partition coefficient (Wildman–Crippen LogP) is 5.22. The minimum atomic E-state index is -1.15. The van der Waals surface area contributed by atoms with E-state index in [4.69, 9.17) is 9.47 Å². The quantitative estimate of drug-likeness (QED) is 0.385. The van der Waals surface area contributed by atoms with E-state index < -0.39 is 11.8 Å². The van der Waals surface area contributed by atoms with E-state index in [1.807, 2.05) is 37.3 Å². The highest BCUT2D eigenvalue weighted by molar-refractivity contribution is 6.03. The molecule has 0 aliphatic carbocycles. The minimum absolute atomic E-state index is 0.0182. The monoisotopic (exact) mass is 432 g/mol. The molecule has 4 rings (SSSR count). The number of pyridine rings is 2. The van der Waals surface area contributed by atoms with Crippen LogP contribution in [0.15, 0.2) is 66.9 Å². The van der Waals surface area contributed by atoms with Gasteiger partial charge in [-0.25, -0.2) is 14.2 Å². The molecule has 0 aliphatic rings. The van der Waals surface area contributed by atoms with Gasteiger partial charge in [0.15, 0.2) is 0 Å². The highest BCUT2D eigenvalue weighted by Crippen LogP contribution is 2.27. The van der Waals surface area contributed by atoms with Gasteiger partial charge in [-0.3, -0.25) is 4.98 Å². The summed E-state index contributed by atoms with van der Waals surface area (Å²) in [4.78, 5) is 20.6. The Kier molecular flexibility index (Phi) is 6.37. The van der Waals surface area contributed by atoms with Crippen LogP contribution in [0.2, 0.25) is 0 Å². The van der Waals surface area contributed by atoms with Crippen LogP contribution in [0.3, 0.4) is 0 Å². The number of carboxylic acids is 1. The van der Waals surface area contributed by atoms with Gasteiger partial charge in [-0.1, -0.05) is 18.2 Å². The number of ether oxygens (including phenoxy) is 2. The molecule has 0 saturated heterocycles. The first kappa shape index (κ1) is 21.4. The van der Waals surface area contributed by atoms with E-state index in [0.29, 0.717) is 36.7 Å². The maximum atomic E-state index is 13.6. The smallest absolute Gasteiger partial charge is 0.336 e. The van der Waals surface area contributed by atoms with Crippen LogP contribution in [-0.4, -0.2) is 40.9 Å². The number of carbonyl (C=O) groups is 1. The van der Waals surface area contributed by atoms with Crippen LogP contribution in [0, 0.1) is 5.82 Å². The lowest BCUT2D eigenvalue weighted by Crippen LogP contribution is -2.06. The topological polar surface area (TPSA) is 81.5 Å². The van der Waals surface area contributed by atoms with Crippen molar-refractivity contribution in [3.8, 4) is 28.3 Å². The Bertz CT molecular complexity index is 1240. The van der Waals surface area contributed by atoms with Gasteiger partial charge in [0, 0.05) is 23.8 Å². The molecule has 4 aromatic rings. The van der Waals surface area contributed by atoms with Gasteiger partial charge in [-0.05, 0) is 55.0 Å². The van der Waals surface area contributed by atoms with Gasteiger partial charge < -0.3 is 14.6 Å². The third kappa shape index (κ3) is 4.73. The number of aromatic nitrogens is 2. The van der Waals surface area contributed by atoms with Crippen LogP contribution in [0.1, 0.15) is 17.3 Å². The summed E-state index contributed by atoms with van der Waals surface area (Å²) in [7, 11) is 0. The Labute approximate surface area is 184 Å². The van der Waals surface area contributed by atoms with E-state index in [-0.39, 0.29) is 10.9 Å². The van der Waals surface area contributed by atoms with Crippen LogP contribution in [0.5, 0.6) is 5.75 Å². The van der Waals surface area contributed by atoms with Crippen molar-refractivity contribution >= 4 is 16.9 Å². The summed E-state index contributed by atoms with van der Waals surface area (Å²) in [5.74, 6) is -0.900. The Morgan fingerprint density at radius 3 is 2.44 bits per heavy atom. The first-order chi connectivity index (χ1) is 15.5. The van der Waals surface area contributed by atoms with Gasteiger partial charge in [-0.2, -0.15) is 0 Å². The van der Waals surface area contributed by atoms with E-state index >= 15 is 0 Å². The van der Waals surface area contributed by atoms with Crippen LogP contribution < -0.4 is 4.74 Å². The second kappa shape index (κ2) is 9.53. The Morgan fingerprint density at radius 2 is 1.75 bits per heavy atom. The second-order valence-corrected chi connectivity index (χ2v) is 7.02. The molecule has 0 radical (unpaired) electrons. The summed E-state index contributed by atoms with van der Waals surface area (Å²) < 4.78 is 24.5. The van der Waals surface area contributed by atoms with E-state index in [2.05, 4.69) is 9.97 Å². The molecule has 0 fully saturated rings. The fraction of sp³-hybridized carbons (Fsp3) is 0.160. The van der Waals surface area contributed by atoms with E-state index in [1.165, 1.54) is 24.3 Å². The van der Waals surface area contributed by atoms with Crippen molar-refractivity contribution in [3.63, 3.8) is 0 Å². The standard InChI is InChI=1S/C25H21FN2O4/c1-2-31-11-12-32-19-7-3-16(4-8-19)17-5-9-23(27-15-17)24-14-21(25(29)30)20-13-18(26)6-10-22(20)28-24/h3-10,13-15H,2,11-12H2,1H3,(H,29,30). The second-order valence-electron chi connectivity index (χ2n) is 7.02. The largest absolute Gasteiger partial charge is 0.491 e. The molecule has 6 nitrogen and oxygen atoms in total. The molecule has 7 heteroatoms. The first-order valence-corrected chi connectivity index (χ1v) is 10.2. The minimum Gasteiger partial charge on any atom is -0.491 e. The highest BCUT2D eigenvalue weighted by Gasteiger charge is 2.14. The van der Waals surface area contributed by atoms with E-state index in [0.717, 1.165) is 16.9 Å². The zero-order valence-corrected chi connectivity index (χ0v) is 17.4. The van der Waals surface area contributed by atoms with Crippen molar-refractivity contribution in [2.75, 3.05) is 19.8 Å². The summed E-state index contributed by atoms with van der Waals surface area (Å²) in [5.41, 5.74) is 3.18. The molecule has 32 heavy (non-hydrogen) atoms. The number of nitrogens with zero attached hydrogens (tertiary/aromatic N) is 2. The van der Waals surface area contributed by atoms with Gasteiger partial charge in [0.2, 0.25) is 0 Å². The van der Waals surface area contributed by atoms with Crippen molar-refractivity contribution in [2.45, 2.75) is 6.92 Å². The molecule has 0 spiro atoms. The number of benzene rings is 2. The molecule has 2 heterocycles. The number of halogens is 1. The summed E-state index contributed by atoms with van der Waals surface area (Å²) in [6, 6.07) is 16.7. The molecule has 0 unspecified atom stereocenters. The first-order valence-electron chi connectivity index (χ1n) is 10.2. The third-order valence-corrected chi connectivity index (χ3v) is 4.92. The molecule has 2 aromatic heterocycles. The van der Waals surface area contributed by atoms with Crippen LogP contribution in [0.25, 0.3) is 33.4 Å². The maximum Gasteiger partial charge on any atom is 0.336 e. The van der Waals surface area contributed by atoms with Crippen LogP contribution >= 0.6 is 0 Å². The van der Waals surface area contributed by atoms with Gasteiger partial charge in [0.05, 0.1) is 29.1 Å². The molecule has 162 valence electrons. The molecular weight excluding hydrogens is 411 g/mol. The van der Waals surface area contributed by atoms with Crippen molar-refractivity contribution in [2.24, 2.45) is 0 Å². The van der Waals surface area contributed by atoms with Gasteiger partial charge in [0.25, 0.3) is 0 Å². The third-order valence-electron chi connectivity index (χ3n) is 4.92. The number of hydrogen-bond acceptors (Lipinski definition) is 5. The number of aromatic carboxylic acids is 1. The number of hydrogen-bond donors (Lipinski definition) is 1. The molecule has 0 atom stereocenters. The summed E-state index contributed by atoms with van der Waals surface area (Å²) in [6.07, 6.45) is 1.71. The zero-order chi connectivity index (χ0) is 22.5. The van der Waals surface area contributed by atoms with Crippen molar-refractivity contribution < 1.29 is 23.8 Å². The lowest BCUT2D eigenvalue weighted by molar-refractivity contribution is 0.0699. The predicted molar refractivity (Wildman–Crippen MR) is 119 cm³/mol. The van der Waals surface area contributed by atoms with Crippen molar-refractivity contribution in [1.29, 1.82) is 0 Å². The summed E-state index contributed by atoms with van der Waals surface area (Å²) >= 11 is 0. The maximum absolute atomic E-state index is 13.6. The lowest BCUT2D eigenvalue weighted by atomic mass is 10.0. The van der Waals surface area contributed by atoms with Crippen molar-refractivity contribution in [3.05, 3.63) is 78.2 Å². The SMILES string of the molecule is CCOCCOc1ccc(-c2ccc(-c3cc(C(=O)O)c4cc(F)ccc4n3)nc2)cc1. The highest BCUT2D eigenvalue weighted by atomic mass is 19.1. The van der Waals surface area contributed by atoms with Crippen LogP contribution in [-0.2, 0) is 4.74 Å². The summed E-state index contributed by atoms with van der Waals surface area (Å²) in [6.45, 7) is 3.64. The fourth-order valence-corrected chi connectivity index (χ4v) is 3.33. The Hall–Kier alpha value is -3.84. The molecule has 0 saturated carbocycles. The number of carboxylic acid groups (broad SMARTS) is 1. The van der Waals surface area contributed by atoms with Gasteiger partial charge >= 0.3 is 5.97 Å². The van der Waals surface area contributed by atoms with Crippen molar-refractivity contribution in [1.82, 2.24) is 9.97 Å². The van der Waals surface area contributed by atoms with Crippen LogP contribution in [0.4, 0.5) is 4.39 Å². The summed E-state index contributed by atoms with van der Waals surface area (Å²) in [5, 5.41) is 9.80.